The van der Waals surface area contributed by atoms with Crippen molar-refractivity contribution in [3.63, 3.8) is 0 Å². The second-order valence-electron chi connectivity index (χ2n) is 7.41. The quantitative estimate of drug-likeness (QED) is 0.679. The van der Waals surface area contributed by atoms with Crippen molar-refractivity contribution in [1.82, 2.24) is 4.90 Å². The summed E-state index contributed by atoms with van der Waals surface area (Å²) in [6.07, 6.45) is 1.86. The van der Waals surface area contributed by atoms with Crippen LogP contribution in [0.25, 0.3) is 0 Å². The van der Waals surface area contributed by atoms with Crippen LogP contribution in [0.5, 0.6) is 11.5 Å². The van der Waals surface area contributed by atoms with Gasteiger partial charge in [-0.2, -0.15) is 0 Å². The molecule has 0 amide bonds. The average molecular weight is 386 g/mol. The molecular formula is C23H31NO4. The summed E-state index contributed by atoms with van der Waals surface area (Å²) in [5, 5.41) is 10.6. The zero-order valence-electron chi connectivity index (χ0n) is 16.8. The number of nitrogens with zero attached hydrogens (tertiary/aromatic N) is 1. The molecule has 1 saturated heterocycles. The van der Waals surface area contributed by atoms with Crippen molar-refractivity contribution in [1.29, 1.82) is 0 Å². The van der Waals surface area contributed by atoms with Crippen molar-refractivity contribution in [2.24, 2.45) is 0 Å². The van der Waals surface area contributed by atoms with Gasteiger partial charge in [0.15, 0.2) is 0 Å². The monoisotopic (exact) mass is 385 g/mol. The van der Waals surface area contributed by atoms with Crippen LogP contribution in [0.15, 0.2) is 48.5 Å². The van der Waals surface area contributed by atoms with Crippen LogP contribution in [0.1, 0.15) is 24.0 Å². The largest absolute Gasteiger partial charge is 0.497 e. The van der Waals surface area contributed by atoms with E-state index in [2.05, 4.69) is 17.0 Å². The second kappa shape index (κ2) is 10.5. The van der Waals surface area contributed by atoms with Gasteiger partial charge in [0, 0.05) is 26.2 Å². The highest BCUT2D eigenvalue weighted by Gasteiger charge is 2.21. The van der Waals surface area contributed by atoms with Gasteiger partial charge in [-0.15, -0.1) is 0 Å². The number of rotatable bonds is 10. The maximum absolute atomic E-state index is 10.6. The van der Waals surface area contributed by atoms with E-state index in [1.807, 2.05) is 43.3 Å². The fourth-order valence-corrected chi connectivity index (χ4v) is 3.52. The van der Waals surface area contributed by atoms with Crippen molar-refractivity contribution in [3.05, 3.63) is 59.7 Å². The van der Waals surface area contributed by atoms with Gasteiger partial charge in [-0.25, -0.2) is 0 Å². The summed E-state index contributed by atoms with van der Waals surface area (Å²) >= 11 is 0. The average Bonchev–Trinajstić information content (AvgIpc) is 3.21. The minimum Gasteiger partial charge on any atom is -0.497 e. The molecule has 1 aliphatic heterocycles. The first-order valence-corrected chi connectivity index (χ1v) is 9.97. The molecule has 5 nitrogen and oxygen atoms in total. The molecule has 0 saturated carbocycles. The van der Waals surface area contributed by atoms with Crippen LogP contribution in [0.3, 0.4) is 0 Å². The smallest absolute Gasteiger partial charge is 0.122 e. The molecule has 0 aromatic heterocycles. The SMILES string of the molecule is COc1ccc(CN(C[C@@H](O)COc2ccccc2C)C[C@@H]2CCCO2)cc1. The molecule has 0 unspecified atom stereocenters. The minimum absolute atomic E-state index is 0.239. The van der Waals surface area contributed by atoms with Crippen LogP contribution in [0, 0.1) is 6.92 Å². The first-order chi connectivity index (χ1) is 13.6. The highest BCUT2D eigenvalue weighted by atomic mass is 16.5. The van der Waals surface area contributed by atoms with Crippen LogP contribution in [-0.2, 0) is 11.3 Å². The molecule has 0 spiro atoms. The molecule has 152 valence electrons. The highest BCUT2D eigenvalue weighted by Crippen LogP contribution is 2.19. The van der Waals surface area contributed by atoms with Crippen molar-refractivity contribution in [3.8, 4) is 11.5 Å². The van der Waals surface area contributed by atoms with Crippen molar-refractivity contribution < 1.29 is 19.3 Å². The van der Waals surface area contributed by atoms with E-state index >= 15 is 0 Å². The molecule has 2 aromatic rings. The Morgan fingerprint density at radius 2 is 1.96 bits per heavy atom. The van der Waals surface area contributed by atoms with Crippen LogP contribution < -0.4 is 9.47 Å². The minimum atomic E-state index is -0.570. The molecule has 1 N–H and O–H groups in total. The van der Waals surface area contributed by atoms with Gasteiger partial charge in [0.05, 0.1) is 13.2 Å². The van der Waals surface area contributed by atoms with Crippen molar-refractivity contribution in [2.75, 3.05) is 33.4 Å². The first-order valence-electron chi connectivity index (χ1n) is 9.97. The molecule has 1 aliphatic rings. The lowest BCUT2D eigenvalue weighted by molar-refractivity contribution is 0.0312. The predicted molar refractivity (Wildman–Crippen MR) is 110 cm³/mol. The fourth-order valence-electron chi connectivity index (χ4n) is 3.52. The summed E-state index contributed by atoms with van der Waals surface area (Å²) in [4.78, 5) is 2.25. The van der Waals surface area contributed by atoms with E-state index in [0.717, 1.165) is 49.6 Å². The number of aliphatic hydroxyl groups excluding tert-OH is 1. The van der Waals surface area contributed by atoms with E-state index in [1.165, 1.54) is 5.56 Å². The van der Waals surface area contributed by atoms with Gasteiger partial charge >= 0.3 is 0 Å². The lowest BCUT2D eigenvalue weighted by Gasteiger charge is -2.27. The fraction of sp³-hybridized carbons (Fsp3) is 0.478. The Bertz CT molecular complexity index is 713. The first kappa shape index (κ1) is 20.6. The molecule has 3 rings (SSSR count). The summed E-state index contributed by atoms with van der Waals surface area (Å²) < 4.78 is 16.9. The van der Waals surface area contributed by atoms with E-state index < -0.39 is 6.10 Å². The van der Waals surface area contributed by atoms with Crippen LogP contribution in [0.2, 0.25) is 0 Å². The second-order valence-corrected chi connectivity index (χ2v) is 7.41. The van der Waals surface area contributed by atoms with Gasteiger partial charge in [0.1, 0.15) is 24.2 Å². The van der Waals surface area contributed by atoms with Crippen LogP contribution in [-0.4, -0.2) is 55.6 Å². The summed E-state index contributed by atoms with van der Waals surface area (Å²) in [6.45, 7) is 5.22. The van der Waals surface area contributed by atoms with Gasteiger partial charge in [0.25, 0.3) is 0 Å². The normalized spacial score (nSPS) is 17.6. The van der Waals surface area contributed by atoms with Gasteiger partial charge in [-0.05, 0) is 49.1 Å². The number of benzene rings is 2. The van der Waals surface area contributed by atoms with Gasteiger partial charge in [0.2, 0.25) is 0 Å². The van der Waals surface area contributed by atoms with Gasteiger partial charge in [-0.3, -0.25) is 4.90 Å². The Balaban J connectivity index is 1.57. The lowest BCUT2D eigenvalue weighted by atomic mass is 10.1. The Morgan fingerprint density at radius 3 is 2.64 bits per heavy atom. The number of hydrogen-bond donors (Lipinski definition) is 1. The Labute approximate surface area is 167 Å². The number of aryl methyl sites for hydroxylation is 1. The molecule has 2 atom stereocenters. The maximum atomic E-state index is 10.6. The van der Waals surface area contributed by atoms with E-state index in [4.69, 9.17) is 14.2 Å². The molecule has 0 aliphatic carbocycles. The summed E-state index contributed by atoms with van der Waals surface area (Å²) in [7, 11) is 1.67. The van der Waals surface area contributed by atoms with Gasteiger partial charge in [-0.1, -0.05) is 30.3 Å². The molecule has 0 radical (unpaired) electrons. The standard InChI is InChI=1S/C23H31NO4/c1-18-6-3-4-8-23(18)28-17-20(25)15-24(16-22-7-5-13-27-22)14-19-9-11-21(26-2)12-10-19/h3-4,6,8-12,20,22,25H,5,7,13-17H2,1-2H3/t20-,22+/m1/s1. The number of methoxy groups -OCH3 is 1. The molecule has 28 heavy (non-hydrogen) atoms. The molecular weight excluding hydrogens is 354 g/mol. The number of hydrogen-bond acceptors (Lipinski definition) is 5. The third-order valence-electron chi connectivity index (χ3n) is 5.04. The molecule has 0 bridgehead atoms. The Hall–Kier alpha value is -2.08. The number of para-hydroxylation sites is 1. The lowest BCUT2D eigenvalue weighted by Crippen LogP contribution is -2.39. The molecule has 1 fully saturated rings. The predicted octanol–water partition coefficient (Wildman–Crippen LogP) is 3.42. The summed E-state index contributed by atoms with van der Waals surface area (Å²) in [5.74, 6) is 1.67. The third-order valence-corrected chi connectivity index (χ3v) is 5.04. The Kier molecular flexibility index (Phi) is 7.71. The zero-order valence-corrected chi connectivity index (χ0v) is 16.8. The van der Waals surface area contributed by atoms with Crippen LogP contribution in [0.4, 0.5) is 0 Å². The molecule has 5 heteroatoms. The third kappa shape index (κ3) is 6.23. The Morgan fingerprint density at radius 1 is 1.18 bits per heavy atom. The summed E-state index contributed by atoms with van der Waals surface area (Å²) in [6, 6.07) is 15.9. The number of ether oxygens (including phenoxy) is 3. The van der Waals surface area contributed by atoms with E-state index in [9.17, 15) is 5.11 Å². The molecule has 1 heterocycles. The van der Waals surface area contributed by atoms with Crippen molar-refractivity contribution in [2.45, 2.75) is 38.5 Å². The molecule has 2 aromatic carbocycles. The number of aliphatic hydroxyl groups is 1. The van der Waals surface area contributed by atoms with Gasteiger partial charge < -0.3 is 19.3 Å². The highest BCUT2D eigenvalue weighted by molar-refractivity contribution is 5.31. The van der Waals surface area contributed by atoms with Crippen molar-refractivity contribution >= 4 is 0 Å². The zero-order chi connectivity index (χ0) is 19.8. The van der Waals surface area contributed by atoms with E-state index in [-0.39, 0.29) is 12.7 Å². The van der Waals surface area contributed by atoms with E-state index in [1.54, 1.807) is 7.11 Å². The summed E-state index contributed by atoms with van der Waals surface area (Å²) in [5.41, 5.74) is 2.26. The maximum Gasteiger partial charge on any atom is 0.122 e. The van der Waals surface area contributed by atoms with E-state index in [0.29, 0.717) is 6.54 Å². The topological polar surface area (TPSA) is 51.2 Å². The van der Waals surface area contributed by atoms with Crippen LogP contribution >= 0.6 is 0 Å².